The van der Waals surface area contributed by atoms with Crippen LogP contribution in [0.5, 0.6) is 0 Å². The highest BCUT2D eigenvalue weighted by atomic mass is 16.6. The lowest BCUT2D eigenvalue weighted by atomic mass is 9.89. The molecule has 0 radical (unpaired) electrons. The van der Waals surface area contributed by atoms with Gasteiger partial charge in [-0.2, -0.15) is 0 Å². The van der Waals surface area contributed by atoms with E-state index in [1.165, 1.54) is 27.7 Å². The van der Waals surface area contributed by atoms with Gasteiger partial charge in [-0.3, -0.25) is 4.90 Å². The van der Waals surface area contributed by atoms with Crippen LogP contribution in [0.15, 0.2) is 18.2 Å². The fourth-order valence-corrected chi connectivity index (χ4v) is 4.26. The SMILES string of the molecule is Cc1ccc2c(c1)c1c3n2CCN(C(=O)OCC(C)C)[C@H]3CCC1. The monoisotopic (exact) mass is 326 g/mol. The van der Waals surface area contributed by atoms with Crippen molar-refractivity contribution >= 4 is 17.0 Å². The number of hydrogen-bond donors (Lipinski definition) is 0. The van der Waals surface area contributed by atoms with E-state index >= 15 is 0 Å². The van der Waals surface area contributed by atoms with Crippen LogP contribution in [-0.4, -0.2) is 28.7 Å². The van der Waals surface area contributed by atoms with Gasteiger partial charge in [-0.15, -0.1) is 0 Å². The number of aryl methyl sites for hydroxylation is 2. The lowest BCUT2D eigenvalue weighted by Crippen LogP contribution is -2.43. The Morgan fingerprint density at radius 1 is 1.33 bits per heavy atom. The molecule has 2 heterocycles. The van der Waals surface area contributed by atoms with Crippen molar-refractivity contribution in [3.63, 3.8) is 0 Å². The average molecular weight is 326 g/mol. The number of benzene rings is 1. The van der Waals surface area contributed by atoms with Gasteiger partial charge in [-0.05, 0) is 49.8 Å². The maximum atomic E-state index is 12.6. The molecular weight excluding hydrogens is 300 g/mol. The standard InChI is InChI=1S/C20H26N2O2/c1-13(2)12-24-20(23)22-10-9-21-17-8-7-14(3)11-16(17)15-5-4-6-18(22)19(15)21/h7-8,11,13,18H,4-6,9-10,12H2,1-3H3/t18-/m0/s1. The molecule has 1 aliphatic carbocycles. The minimum absolute atomic E-state index is 0.144. The largest absolute Gasteiger partial charge is 0.449 e. The molecule has 1 amide bonds. The zero-order chi connectivity index (χ0) is 16.8. The number of hydrogen-bond acceptors (Lipinski definition) is 2. The normalized spacial score (nSPS) is 19.7. The smallest absolute Gasteiger partial charge is 0.410 e. The van der Waals surface area contributed by atoms with Crippen molar-refractivity contribution in [3.05, 3.63) is 35.0 Å². The molecule has 2 aromatic rings. The number of rotatable bonds is 2. The van der Waals surface area contributed by atoms with Gasteiger partial charge in [0.1, 0.15) is 0 Å². The van der Waals surface area contributed by atoms with Gasteiger partial charge in [-0.25, -0.2) is 4.79 Å². The van der Waals surface area contributed by atoms with E-state index in [1.54, 1.807) is 0 Å². The molecule has 0 saturated heterocycles. The summed E-state index contributed by atoms with van der Waals surface area (Å²) >= 11 is 0. The molecule has 24 heavy (non-hydrogen) atoms. The Morgan fingerprint density at radius 2 is 2.17 bits per heavy atom. The first-order chi connectivity index (χ1) is 11.6. The highest BCUT2D eigenvalue weighted by Gasteiger charge is 2.37. The van der Waals surface area contributed by atoms with Crippen LogP contribution in [0.2, 0.25) is 0 Å². The highest BCUT2D eigenvalue weighted by Crippen LogP contribution is 2.42. The van der Waals surface area contributed by atoms with Gasteiger partial charge in [0.15, 0.2) is 0 Å². The van der Waals surface area contributed by atoms with Crippen LogP contribution in [0.1, 0.15) is 49.6 Å². The molecule has 0 bridgehead atoms. The van der Waals surface area contributed by atoms with Crippen LogP contribution >= 0.6 is 0 Å². The fraction of sp³-hybridized carbons (Fsp3) is 0.550. The molecule has 4 rings (SSSR count). The highest BCUT2D eigenvalue weighted by molar-refractivity contribution is 5.87. The Kier molecular flexibility index (Phi) is 3.78. The van der Waals surface area contributed by atoms with Crippen molar-refractivity contribution < 1.29 is 9.53 Å². The van der Waals surface area contributed by atoms with Crippen molar-refractivity contribution in [1.29, 1.82) is 0 Å². The summed E-state index contributed by atoms with van der Waals surface area (Å²) in [6, 6.07) is 6.91. The molecule has 0 saturated carbocycles. The van der Waals surface area contributed by atoms with E-state index in [-0.39, 0.29) is 12.1 Å². The van der Waals surface area contributed by atoms with Crippen LogP contribution in [0.25, 0.3) is 10.9 Å². The molecule has 0 spiro atoms. The predicted molar refractivity (Wildman–Crippen MR) is 95.2 cm³/mol. The third-order valence-electron chi connectivity index (χ3n) is 5.30. The lowest BCUT2D eigenvalue weighted by molar-refractivity contribution is 0.0634. The molecular formula is C20H26N2O2. The van der Waals surface area contributed by atoms with Crippen LogP contribution in [0.4, 0.5) is 4.79 Å². The Hall–Kier alpha value is -1.97. The second-order valence-electron chi connectivity index (χ2n) is 7.61. The Balaban J connectivity index is 1.73. The lowest BCUT2D eigenvalue weighted by Gasteiger charge is -2.39. The number of carbonyl (C=O) groups excluding carboxylic acids is 1. The molecule has 0 fully saturated rings. The van der Waals surface area contributed by atoms with Crippen molar-refractivity contribution in [3.8, 4) is 0 Å². The zero-order valence-electron chi connectivity index (χ0n) is 14.8. The molecule has 128 valence electrons. The first-order valence-corrected chi connectivity index (χ1v) is 9.11. The Bertz CT molecular complexity index is 791. The van der Waals surface area contributed by atoms with Gasteiger partial charge in [0.25, 0.3) is 0 Å². The molecule has 0 unspecified atom stereocenters. The fourth-order valence-electron chi connectivity index (χ4n) is 4.26. The van der Waals surface area contributed by atoms with E-state index in [2.05, 4.69) is 43.5 Å². The summed E-state index contributed by atoms with van der Waals surface area (Å²) in [6.07, 6.45) is 3.15. The number of nitrogens with zero attached hydrogens (tertiary/aromatic N) is 2. The molecule has 4 nitrogen and oxygen atoms in total. The number of carbonyl (C=O) groups is 1. The molecule has 1 aromatic carbocycles. The zero-order valence-corrected chi connectivity index (χ0v) is 14.8. The maximum absolute atomic E-state index is 12.6. The van der Waals surface area contributed by atoms with Gasteiger partial charge >= 0.3 is 6.09 Å². The van der Waals surface area contributed by atoms with Crippen LogP contribution in [0, 0.1) is 12.8 Å². The summed E-state index contributed by atoms with van der Waals surface area (Å²) in [5.74, 6) is 0.370. The van der Waals surface area contributed by atoms with E-state index < -0.39 is 0 Å². The summed E-state index contributed by atoms with van der Waals surface area (Å²) in [5, 5.41) is 1.38. The molecule has 4 heteroatoms. The number of fused-ring (bicyclic) bond motifs is 3. The topological polar surface area (TPSA) is 34.5 Å². The van der Waals surface area contributed by atoms with Crippen molar-refractivity contribution in [1.82, 2.24) is 9.47 Å². The third-order valence-corrected chi connectivity index (χ3v) is 5.30. The summed E-state index contributed by atoms with van der Waals surface area (Å²) in [6.45, 7) is 8.40. The van der Waals surface area contributed by atoms with Crippen molar-refractivity contribution in [2.75, 3.05) is 13.2 Å². The average Bonchev–Trinajstić information content (AvgIpc) is 2.88. The van der Waals surface area contributed by atoms with Gasteiger partial charge in [0.05, 0.1) is 12.6 Å². The molecule has 1 atom stereocenters. The summed E-state index contributed by atoms with van der Waals surface area (Å²) in [4.78, 5) is 14.5. The molecule has 1 aromatic heterocycles. The molecule has 1 aliphatic heterocycles. The van der Waals surface area contributed by atoms with Crippen LogP contribution < -0.4 is 0 Å². The Labute approximate surface area is 143 Å². The van der Waals surface area contributed by atoms with Crippen molar-refractivity contribution in [2.45, 2.75) is 52.6 Å². The minimum atomic E-state index is -0.144. The quantitative estimate of drug-likeness (QED) is 0.818. The van der Waals surface area contributed by atoms with E-state index in [4.69, 9.17) is 4.74 Å². The summed E-state index contributed by atoms with van der Waals surface area (Å²) in [7, 11) is 0. The van der Waals surface area contributed by atoms with E-state index in [1.807, 2.05) is 4.90 Å². The number of aromatic nitrogens is 1. The summed E-state index contributed by atoms with van der Waals surface area (Å²) < 4.78 is 7.97. The first-order valence-electron chi connectivity index (χ1n) is 9.11. The van der Waals surface area contributed by atoms with Gasteiger partial charge in [0, 0.05) is 29.7 Å². The third kappa shape index (κ3) is 2.40. The predicted octanol–water partition coefficient (Wildman–Crippen LogP) is 4.44. The second kappa shape index (κ2) is 5.83. The molecule has 0 N–H and O–H groups in total. The molecule has 2 aliphatic rings. The van der Waals surface area contributed by atoms with E-state index in [9.17, 15) is 4.79 Å². The summed E-state index contributed by atoms with van der Waals surface area (Å²) in [5.41, 5.74) is 5.44. The van der Waals surface area contributed by atoms with Gasteiger partial charge < -0.3 is 9.30 Å². The van der Waals surface area contributed by atoms with Crippen molar-refractivity contribution in [2.24, 2.45) is 5.92 Å². The van der Waals surface area contributed by atoms with Crippen LogP contribution in [-0.2, 0) is 17.7 Å². The number of amides is 1. The minimum Gasteiger partial charge on any atom is -0.449 e. The second-order valence-corrected chi connectivity index (χ2v) is 7.61. The first kappa shape index (κ1) is 15.6. The Morgan fingerprint density at radius 3 is 2.96 bits per heavy atom. The van der Waals surface area contributed by atoms with Crippen LogP contribution in [0.3, 0.4) is 0 Å². The van der Waals surface area contributed by atoms with E-state index in [0.717, 1.165) is 32.4 Å². The van der Waals surface area contributed by atoms with Gasteiger partial charge in [0.2, 0.25) is 0 Å². The van der Waals surface area contributed by atoms with E-state index in [0.29, 0.717) is 12.5 Å². The maximum Gasteiger partial charge on any atom is 0.410 e. The van der Waals surface area contributed by atoms with Gasteiger partial charge in [-0.1, -0.05) is 25.5 Å². The number of ether oxygens (including phenoxy) is 1.